The molecule has 2 rings (SSSR count). The maximum Gasteiger partial charge on any atom is 0.127 e. The van der Waals surface area contributed by atoms with Crippen LogP contribution in [0.2, 0.25) is 5.02 Å². The van der Waals surface area contributed by atoms with Crippen molar-refractivity contribution in [2.75, 3.05) is 20.4 Å². The number of benzene rings is 2. The Morgan fingerprint density at radius 2 is 1.93 bits per heavy atom. The SMILES string of the molecule is C=C(C=C(C)OC(C)c1c(Cl)ccc(F)c1C)c1ccc(P(C)(C)=O)cc1OC. The highest BCUT2D eigenvalue weighted by Crippen LogP contribution is 2.38. The number of rotatable bonds is 7. The van der Waals surface area contributed by atoms with E-state index in [4.69, 9.17) is 21.1 Å². The van der Waals surface area contributed by atoms with Crippen LogP contribution in [0, 0.1) is 12.7 Å². The zero-order valence-electron chi connectivity index (χ0n) is 17.7. The first-order valence-corrected chi connectivity index (χ1v) is 12.2. The molecule has 0 saturated heterocycles. The van der Waals surface area contributed by atoms with E-state index in [0.29, 0.717) is 33.2 Å². The molecule has 0 aliphatic carbocycles. The van der Waals surface area contributed by atoms with Gasteiger partial charge in [-0.05, 0) is 75.6 Å². The van der Waals surface area contributed by atoms with E-state index in [1.165, 1.54) is 12.1 Å². The van der Waals surface area contributed by atoms with Crippen molar-refractivity contribution < 1.29 is 18.4 Å². The Labute approximate surface area is 177 Å². The van der Waals surface area contributed by atoms with Crippen molar-refractivity contribution in [1.29, 1.82) is 0 Å². The molecule has 1 atom stereocenters. The fraction of sp³-hybridized carbons (Fsp3) is 0.304. The lowest BCUT2D eigenvalue weighted by Crippen LogP contribution is -2.05. The highest BCUT2D eigenvalue weighted by molar-refractivity contribution is 7.70. The minimum absolute atomic E-state index is 0.320. The summed E-state index contributed by atoms with van der Waals surface area (Å²) >= 11 is 6.25. The summed E-state index contributed by atoms with van der Waals surface area (Å²) in [6.45, 7) is 12.8. The van der Waals surface area contributed by atoms with Crippen molar-refractivity contribution in [2.24, 2.45) is 0 Å². The lowest BCUT2D eigenvalue weighted by molar-refractivity contribution is 0.134. The topological polar surface area (TPSA) is 35.5 Å². The molecule has 0 aliphatic heterocycles. The first kappa shape index (κ1) is 23.3. The van der Waals surface area contributed by atoms with Crippen molar-refractivity contribution in [3.05, 3.63) is 76.3 Å². The van der Waals surface area contributed by atoms with E-state index in [0.717, 1.165) is 10.9 Å². The molecule has 6 heteroatoms. The second-order valence-electron chi connectivity index (χ2n) is 7.34. The molecule has 0 heterocycles. The van der Waals surface area contributed by atoms with Crippen LogP contribution in [-0.4, -0.2) is 20.4 Å². The van der Waals surface area contributed by atoms with Crippen molar-refractivity contribution in [3.63, 3.8) is 0 Å². The molecule has 3 nitrogen and oxygen atoms in total. The summed E-state index contributed by atoms with van der Waals surface area (Å²) in [5, 5.41) is 1.21. The van der Waals surface area contributed by atoms with Crippen LogP contribution >= 0.6 is 18.7 Å². The molecular formula is C23H27ClFO3P. The fourth-order valence-corrected chi connectivity index (χ4v) is 4.36. The minimum Gasteiger partial charge on any atom is -0.496 e. The second-order valence-corrected chi connectivity index (χ2v) is 11.0. The van der Waals surface area contributed by atoms with Crippen LogP contribution in [0.25, 0.3) is 5.57 Å². The van der Waals surface area contributed by atoms with Crippen LogP contribution in [0.4, 0.5) is 4.39 Å². The molecule has 0 aliphatic rings. The third-order valence-corrected chi connectivity index (χ3v) is 6.55. The van der Waals surface area contributed by atoms with E-state index in [2.05, 4.69) is 6.58 Å². The zero-order valence-corrected chi connectivity index (χ0v) is 19.3. The Morgan fingerprint density at radius 3 is 2.52 bits per heavy atom. The lowest BCUT2D eigenvalue weighted by Gasteiger charge is -2.20. The van der Waals surface area contributed by atoms with E-state index in [1.54, 1.807) is 46.4 Å². The Morgan fingerprint density at radius 1 is 1.28 bits per heavy atom. The van der Waals surface area contributed by atoms with Crippen molar-refractivity contribution in [3.8, 4) is 5.75 Å². The summed E-state index contributed by atoms with van der Waals surface area (Å²) in [6, 6.07) is 8.33. The first-order valence-electron chi connectivity index (χ1n) is 9.18. The van der Waals surface area contributed by atoms with Gasteiger partial charge in [0.25, 0.3) is 0 Å². The molecule has 0 fully saturated rings. The zero-order chi connectivity index (χ0) is 21.9. The molecule has 0 aromatic heterocycles. The maximum absolute atomic E-state index is 13.9. The highest BCUT2D eigenvalue weighted by atomic mass is 35.5. The van der Waals surface area contributed by atoms with E-state index >= 15 is 0 Å². The second kappa shape index (κ2) is 9.19. The summed E-state index contributed by atoms with van der Waals surface area (Å²) in [5.41, 5.74) is 2.55. The van der Waals surface area contributed by atoms with Gasteiger partial charge < -0.3 is 14.0 Å². The van der Waals surface area contributed by atoms with Gasteiger partial charge in [-0.15, -0.1) is 0 Å². The number of allylic oxidation sites excluding steroid dienone is 3. The molecule has 2 aromatic rings. The molecule has 0 amide bonds. The van der Waals surface area contributed by atoms with Crippen molar-refractivity contribution in [1.82, 2.24) is 0 Å². The smallest absolute Gasteiger partial charge is 0.127 e. The predicted octanol–water partition coefficient (Wildman–Crippen LogP) is 6.74. The number of ether oxygens (including phenoxy) is 2. The third kappa shape index (κ3) is 5.52. The standard InChI is InChI=1S/C23H27ClFO3P/c1-14(19-9-8-18(29(6,7)26)13-22(19)27-5)12-15(2)28-17(4)23-16(3)21(25)11-10-20(23)24/h8-13,17H,1H2,2-7H3. The summed E-state index contributed by atoms with van der Waals surface area (Å²) in [5.74, 6) is 0.877. The van der Waals surface area contributed by atoms with Gasteiger partial charge in [-0.1, -0.05) is 24.2 Å². The molecule has 29 heavy (non-hydrogen) atoms. The highest BCUT2D eigenvalue weighted by Gasteiger charge is 2.18. The van der Waals surface area contributed by atoms with Gasteiger partial charge in [-0.25, -0.2) is 4.39 Å². The van der Waals surface area contributed by atoms with Crippen LogP contribution in [0.15, 0.2) is 48.7 Å². The number of halogens is 2. The normalized spacial score (nSPS) is 13.2. The number of methoxy groups -OCH3 is 1. The minimum atomic E-state index is -2.40. The average molecular weight is 437 g/mol. The molecule has 0 N–H and O–H groups in total. The van der Waals surface area contributed by atoms with Gasteiger partial charge in [0, 0.05) is 21.5 Å². The van der Waals surface area contributed by atoms with Crippen LogP contribution < -0.4 is 10.0 Å². The van der Waals surface area contributed by atoms with Crippen LogP contribution in [-0.2, 0) is 9.30 Å². The summed E-state index contributed by atoms with van der Waals surface area (Å²) in [6.07, 6.45) is 1.35. The van der Waals surface area contributed by atoms with Gasteiger partial charge >= 0.3 is 0 Å². The van der Waals surface area contributed by atoms with E-state index in [-0.39, 0.29) is 5.82 Å². The molecule has 0 saturated carbocycles. The fourth-order valence-electron chi connectivity index (χ4n) is 3.14. The first-order chi connectivity index (χ1) is 13.5. The maximum atomic E-state index is 13.9. The monoisotopic (exact) mass is 436 g/mol. The Hall–Kier alpha value is -2.03. The molecule has 0 spiro atoms. The van der Waals surface area contributed by atoms with E-state index in [9.17, 15) is 8.96 Å². The Bertz CT molecular complexity index is 1010. The van der Waals surface area contributed by atoms with Gasteiger partial charge in [0.05, 0.1) is 12.9 Å². The summed E-state index contributed by atoms with van der Waals surface area (Å²) in [4.78, 5) is 0. The number of hydrogen-bond acceptors (Lipinski definition) is 3. The van der Waals surface area contributed by atoms with E-state index in [1.807, 2.05) is 19.1 Å². The van der Waals surface area contributed by atoms with Gasteiger partial charge in [0.15, 0.2) is 0 Å². The molecule has 2 aromatic carbocycles. The van der Waals surface area contributed by atoms with Crippen LogP contribution in [0.3, 0.4) is 0 Å². The Kier molecular flexibility index (Phi) is 7.37. The van der Waals surface area contributed by atoms with Crippen molar-refractivity contribution >= 4 is 29.6 Å². The third-order valence-electron chi connectivity index (χ3n) is 4.70. The predicted molar refractivity (Wildman–Crippen MR) is 121 cm³/mol. The largest absolute Gasteiger partial charge is 0.496 e. The molecule has 156 valence electrons. The van der Waals surface area contributed by atoms with Gasteiger partial charge in [-0.2, -0.15) is 0 Å². The summed E-state index contributed by atoms with van der Waals surface area (Å²) in [7, 11) is -0.830. The summed E-state index contributed by atoms with van der Waals surface area (Å²) < 4.78 is 37.7. The molecule has 0 bridgehead atoms. The molecular weight excluding hydrogens is 410 g/mol. The molecule has 1 unspecified atom stereocenters. The van der Waals surface area contributed by atoms with Crippen LogP contribution in [0.1, 0.15) is 36.6 Å². The Balaban J connectivity index is 2.27. The van der Waals surface area contributed by atoms with Gasteiger partial charge in [0.1, 0.15) is 24.8 Å². The van der Waals surface area contributed by atoms with Gasteiger partial charge in [-0.3, -0.25) is 0 Å². The molecule has 0 radical (unpaired) electrons. The quantitative estimate of drug-likeness (QED) is 0.274. The van der Waals surface area contributed by atoms with E-state index < -0.39 is 13.2 Å². The van der Waals surface area contributed by atoms with Gasteiger partial charge in [0.2, 0.25) is 0 Å². The average Bonchev–Trinajstić information content (AvgIpc) is 2.63. The number of hydrogen-bond donors (Lipinski definition) is 0. The lowest BCUT2D eigenvalue weighted by atomic mass is 10.0. The van der Waals surface area contributed by atoms with Crippen LogP contribution in [0.5, 0.6) is 5.75 Å². The van der Waals surface area contributed by atoms with Crippen molar-refractivity contribution in [2.45, 2.75) is 26.9 Å².